The summed E-state index contributed by atoms with van der Waals surface area (Å²) in [5, 5.41) is 2.64. The minimum atomic E-state index is -0.427. The van der Waals surface area contributed by atoms with Gasteiger partial charge in [-0.3, -0.25) is 4.79 Å². The van der Waals surface area contributed by atoms with Crippen molar-refractivity contribution in [2.45, 2.75) is 52.5 Å². The van der Waals surface area contributed by atoms with Crippen LogP contribution in [-0.2, 0) is 14.3 Å². The highest BCUT2D eigenvalue weighted by Gasteiger charge is 2.13. The maximum absolute atomic E-state index is 11.1. The molecule has 15 heavy (non-hydrogen) atoms. The fraction of sp³-hybridized carbons (Fsp3) is 0.900. The van der Waals surface area contributed by atoms with Crippen molar-refractivity contribution in [3.63, 3.8) is 0 Å². The monoisotopic (exact) mass is 213 g/mol. The van der Waals surface area contributed by atoms with Gasteiger partial charge in [0, 0.05) is 0 Å². The molecule has 0 bridgehead atoms. The molecule has 0 aliphatic carbocycles. The summed E-state index contributed by atoms with van der Waals surface area (Å²) in [5.41, 5.74) is 0. The van der Waals surface area contributed by atoms with Crippen LogP contribution in [0.1, 0.15) is 27.7 Å². The largest absolute Gasteiger partial charge is 0.374 e. The molecule has 0 fully saturated rings. The Balaban J connectivity index is 4.00. The number of nitrogens with one attached hydrogen (secondary N) is 1. The molecule has 0 saturated carbocycles. The summed E-state index contributed by atoms with van der Waals surface area (Å²) in [6, 6.07) is 0. The van der Waals surface area contributed by atoms with Gasteiger partial charge in [-0.2, -0.15) is 0 Å². The van der Waals surface area contributed by atoms with Crippen LogP contribution in [0.15, 0.2) is 0 Å². The quantitative estimate of drug-likeness (QED) is 0.504. The molecular weight excluding hydrogens is 193 g/mol. The number of ether oxygens (including phenoxy) is 2. The lowest BCUT2D eigenvalue weighted by molar-refractivity contribution is -0.129. The van der Waals surface area contributed by atoms with Gasteiger partial charge in [0.1, 0.15) is 0 Å². The first-order valence-electron chi connectivity index (χ1n) is 5.22. The molecule has 0 rings (SSSR count). The van der Waals surface area contributed by atoms with E-state index in [1.165, 1.54) is 0 Å². The fourth-order valence-electron chi connectivity index (χ4n) is 0.962. The topological polar surface area (TPSA) is 47.6 Å². The Morgan fingerprint density at radius 1 is 1.27 bits per heavy atom. The van der Waals surface area contributed by atoms with E-state index in [1.807, 2.05) is 27.7 Å². The predicted molar refractivity (Wildman–Crippen MR) is 59.8 cm³/mol. The van der Waals surface area contributed by atoms with Crippen molar-refractivity contribution in [1.82, 2.24) is 5.32 Å². The average molecular weight is 213 g/mol. The second-order valence-corrected chi connectivity index (χ2v) is 3.83. The molecule has 4 nitrogen and oxygen atoms in total. The van der Waals surface area contributed by atoms with Crippen molar-refractivity contribution in [1.29, 1.82) is 0 Å². The van der Waals surface area contributed by atoms with E-state index in [1.54, 1.807) is 0 Å². The number of rotatable bonds is 7. The molecule has 1 unspecified atom stereocenters. The third-order valence-corrected chi connectivity index (χ3v) is 1.52. The zero-order chi connectivity index (χ0) is 11.8. The molecule has 0 spiro atoms. The van der Waals surface area contributed by atoms with E-state index in [0.29, 0.717) is 6.61 Å². The smallest absolute Gasteiger partial charge is 0.213 e. The summed E-state index contributed by atoms with van der Waals surface area (Å²) in [7, 11) is 5.20. The highest BCUT2D eigenvalue weighted by atomic mass is 16.6. The molecule has 1 N–H and O–H groups in total. The van der Waals surface area contributed by atoms with Gasteiger partial charge in [0.05, 0.1) is 26.7 Å². The molecule has 0 aliphatic rings. The molecule has 2 radical (unpaired) electrons. The lowest BCUT2D eigenvalue weighted by Crippen LogP contribution is -2.42. The van der Waals surface area contributed by atoms with Crippen LogP contribution in [0.4, 0.5) is 0 Å². The van der Waals surface area contributed by atoms with E-state index >= 15 is 0 Å². The number of carbonyl (C=O) groups is 1. The molecule has 0 aromatic rings. The summed E-state index contributed by atoms with van der Waals surface area (Å²) >= 11 is 0. The third-order valence-electron chi connectivity index (χ3n) is 1.52. The second kappa shape index (κ2) is 7.71. The van der Waals surface area contributed by atoms with E-state index in [4.69, 9.17) is 17.3 Å². The second-order valence-electron chi connectivity index (χ2n) is 3.83. The summed E-state index contributed by atoms with van der Waals surface area (Å²) in [5.74, 6) is -0.243. The number of hydrogen-bond donors (Lipinski definition) is 1. The normalized spacial score (nSPS) is 13.2. The molecule has 0 saturated heterocycles. The Morgan fingerprint density at radius 3 is 2.27 bits per heavy atom. The first-order valence-corrected chi connectivity index (χ1v) is 5.22. The van der Waals surface area contributed by atoms with E-state index in [9.17, 15) is 4.79 Å². The van der Waals surface area contributed by atoms with Gasteiger partial charge < -0.3 is 14.8 Å². The molecule has 1 amide bonds. The first-order chi connectivity index (χ1) is 6.95. The molecule has 1 atom stereocenters. The van der Waals surface area contributed by atoms with Crippen molar-refractivity contribution < 1.29 is 14.3 Å². The van der Waals surface area contributed by atoms with Crippen LogP contribution in [-0.4, -0.2) is 38.8 Å². The van der Waals surface area contributed by atoms with E-state index in [0.717, 1.165) is 0 Å². The van der Waals surface area contributed by atoms with Crippen molar-refractivity contribution in [2.24, 2.45) is 0 Å². The zero-order valence-corrected chi connectivity index (χ0v) is 9.95. The number of amides is 1. The molecule has 0 aromatic heterocycles. The van der Waals surface area contributed by atoms with Crippen LogP contribution < -0.4 is 5.32 Å². The van der Waals surface area contributed by atoms with Crippen LogP contribution in [0.25, 0.3) is 0 Å². The molecule has 0 aliphatic heterocycles. The molecular formula is C10H20BNO3. The van der Waals surface area contributed by atoms with E-state index in [2.05, 4.69) is 5.32 Å². The Morgan fingerprint density at radius 2 is 1.87 bits per heavy atom. The Bertz CT molecular complexity index is 186. The van der Waals surface area contributed by atoms with Crippen molar-refractivity contribution >= 4 is 13.8 Å². The van der Waals surface area contributed by atoms with Crippen LogP contribution in [0.3, 0.4) is 0 Å². The molecule has 0 heterocycles. The SMILES string of the molecule is [B]CC(=O)NC(COC(C)C)OC(C)C. The van der Waals surface area contributed by atoms with Gasteiger partial charge >= 0.3 is 0 Å². The van der Waals surface area contributed by atoms with Gasteiger partial charge in [0.2, 0.25) is 5.91 Å². The fourth-order valence-corrected chi connectivity index (χ4v) is 0.962. The van der Waals surface area contributed by atoms with Crippen LogP contribution in [0, 0.1) is 0 Å². The van der Waals surface area contributed by atoms with Gasteiger partial charge in [0.15, 0.2) is 6.23 Å². The molecule has 5 heteroatoms. The Hall–Kier alpha value is -0.545. The standard InChI is InChI=1S/C10H20BNO3/c1-7(2)14-6-10(15-8(3)4)12-9(13)5-11/h7-8,10H,5-6H2,1-4H3,(H,12,13). The van der Waals surface area contributed by atoms with Crippen molar-refractivity contribution in [3.05, 3.63) is 0 Å². The lowest BCUT2D eigenvalue weighted by Gasteiger charge is -2.22. The first kappa shape index (κ1) is 14.5. The number of hydrogen-bond acceptors (Lipinski definition) is 3. The van der Waals surface area contributed by atoms with Gasteiger partial charge in [-0.15, -0.1) is 0 Å². The van der Waals surface area contributed by atoms with Gasteiger partial charge in [-0.05, 0) is 34.0 Å². The predicted octanol–water partition coefficient (Wildman–Crippen LogP) is 0.865. The van der Waals surface area contributed by atoms with Crippen molar-refractivity contribution in [2.75, 3.05) is 6.61 Å². The summed E-state index contributed by atoms with van der Waals surface area (Å²) in [6.07, 6.45) is -0.329. The van der Waals surface area contributed by atoms with Crippen LogP contribution >= 0.6 is 0 Å². The highest BCUT2D eigenvalue weighted by Crippen LogP contribution is 1.99. The third kappa shape index (κ3) is 8.45. The Kier molecular flexibility index (Phi) is 7.43. The lowest BCUT2D eigenvalue weighted by atomic mass is 10.1. The summed E-state index contributed by atoms with van der Waals surface area (Å²) < 4.78 is 10.8. The van der Waals surface area contributed by atoms with Gasteiger partial charge in [-0.25, -0.2) is 0 Å². The molecule has 0 aromatic carbocycles. The van der Waals surface area contributed by atoms with Crippen molar-refractivity contribution in [3.8, 4) is 0 Å². The van der Waals surface area contributed by atoms with Gasteiger partial charge in [0.25, 0.3) is 0 Å². The Labute approximate surface area is 93.1 Å². The maximum Gasteiger partial charge on any atom is 0.213 e. The summed E-state index contributed by atoms with van der Waals surface area (Å²) in [4.78, 5) is 11.1. The average Bonchev–Trinajstić information content (AvgIpc) is 2.13. The minimum absolute atomic E-state index is 0.0313. The van der Waals surface area contributed by atoms with E-state index in [-0.39, 0.29) is 24.4 Å². The van der Waals surface area contributed by atoms with Crippen LogP contribution in [0.5, 0.6) is 0 Å². The minimum Gasteiger partial charge on any atom is -0.374 e. The van der Waals surface area contributed by atoms with Crippen LogP contribution in [0.2, 0.25) is 6.32 Å². The summed E-state index contributed by atoms with van der Waals surface area (Å²) in [6.45, 7) is 7.99. The zero-order valence-electron chi connectivity index (χ0n) is 9.95. The maximum atomic E-state index is 11.1. The highest BCUT2D eigenvalue weighted by molar-refractivity contribution is 6.19. The number of carbonyl (C=O) groups excluding carboxylic acids is 1. The van der Waals surface area contributed by atoms with Gasteiger partial charge in [-0.1, -0.05) is 0 Å². The molecule has 86 valence electrons. The van der Waals surface area contributed by atoms with E-state index < -0.39 is 6.23 Å².